The first-order chi connectivity index (χ1) is 24.5. The van der Waals surface area contributed by atoms with Gasteiger partial charge in [-0.1, -0.05) is 84.0 Å². The molecule has 6 aromatic carbocycles. The monoisotopic (exact) mass is 662 g/mol. The summed E-state index contributed by atoms with van der Waals surface area (Å²) in [6.07, 6.45) is 0. The lowest BCUT2D eigenvalue weighted by Gasteiger charge is -2.23. The van der Waals surface area contributed by atoms with E-state index < -0.39 is 0 Å². The molecule has 0 atom stereocenters. The fourth-order valence-corrected chi connectivity index (χ4v) is 8.08. The van der Waals surface area contributed by atoms with Gasteiger partial charge in [-0.05, 0) is 112 Å². The Morgan fingerprint density at radius 3 is 1.65 bits per heavy atom. The summed E-state index contributed by atoms with van der Waals surface area (Å²) in [5.41, 5.74) is 10.9. The number of para-hydroxylation sites is 4. The predicted octanol–water partition coefficient (Wildman–Crippen LogP) is 12.3. The minimum atomic E-state index is -0.0441. The van der Waals surface area contributed by atoms with Crippen LogP contribution in [0.1, 0.15) is 52.7 Å². The van der Waals surface area contributed by atoms with Crippen molar-refractivity contribution >= 4 is 76.7 Å². The highest BCUT2D eigenvalue weighted by Crippen LogP contribution is 2.41. The van der Waals surface area contributed by atoms with Crippen molar-refractivity contribution in [3.05, 3.63) is 132 Å². The molecule has 0 saturated carbocycles. The van der Waals surface area contributed by atoms with Gasteiger partial charge in [0.05, 0.1) is 33.1 Å². The van der Waals surface area contributed by atoms with Crippen LogP contribution in [0.3, 0.4) is 0 Å². The van der Waals surface area contributed by atoms with Crippen molar-refractivity contribution in [2.24, 2.45) is 0 Å². The van der Waals surface area contributed by atoms with Crippen molar-refractivity contribution in [3.63, 3.8) is 0 Å². The van der Waals surface area contributed by atoms with Gasteiger partial charge in [0.1, 0.15) is 22.8 Å². The van der Waals surface area contributed by atoms with E-state index in [1.807, 2.05) is 0 Å². The molecule has 0 saturated heterocycles. The van der Waals surface area contributed by atoms with Crippen molar-refractivity contribution in [2.75, 3.05) is 0 Å². The van der Waals surface area contributed by atoms with Crippen LogP contribution in [0.15, 0.2) is 121 Å². The first kappa shape index (κ1) is 29.9. The van der Waals surface area contributed by atoms with Gasteiger partial charge in [-0.2, -0.15) is 0 Å². The van der Waals surface area contributed by atoms with Crippen LogP contribution < -0.4 is 4.74 Å². The number of hydrogen-bond donors (Lipinski definition) is 0. The van der Waals surface area contributed by atoms with Crippen LogP contribution in [0.4, 0.5) is 0 Å². The Hall–Kier alpha value is -5.94. The Labute approximate surface area is 295 Å². The zero-order chi connectivity index (χ0) is 34.8. The Kier molecular flexibility index (Phi) is 6.04. The first-order valence-electron chi connectivity index (χ1n) is 17.8. The Bertz CT molecular complexity index is 3080. The van der Waals surface area contributed by atoms with Crippen molar-refractivity contribution in [2.45, 2.75) is 52.4 Å². The third-order valence-electron chi connectivity index (χ3n) is 10.6. The summed E-state index contributed by atoms with van der Waals surface area (Å²) in [7, 11) is 0. The molecule has 4 aromatic heterocycles. The molecular weight excluding hydrogens is 625 g/mol. The molecule has 5 heteroatoms. The highest BCUT2D eigenvalue weighted by Gasteiger charge is 2.23. The van der Waals surface area contributed by atoms with E-state index in [-0.39, 0.29) is 10.8 Å². The summed E-state index contributed by atoms with van der Waals surface area (Å²) in [6.45, 7) is 13.7. The summed E-state index contributed by atoms with van der Waals surface area (Å²) in [5.74, 6) is 1.53. The van der Waals surface area contributed by atoms with Crippen LogP contribution in [0.2, 0.25) is 0 Å². The molecule has 5 nitrogen and oxygen atoms in total. The van der Waals surface area contributed by atoms with Crippen molar-refractivity contribution in [1.29, 1.82) is 0 Å². The maximum atomic E-state index is 6.77. The van der Waals surface area contributed by atoms with E-state index in [0.29, 0.717) is 0 Å². The average molecular weight is 663 g/mol. The van der Waals surface area contributed by atoms with E-state index in [1.165, 1.54) is 32.8 Å². The third kappa shape index (κ3) is 4.40. The zero-order valence-corrected chi connectivity index (χ0v) is 29.7. The van der Waals surface area contributed by atoms with Crippen LogP contribution in [0.5, 0.6) is 11.5 Å². The average Bonchev–Trinajstić information content (AvgIpc) is 3.71. The number of benzene rings is 6. The fourth-order valence-electron chi connectivity index (χ4n) is 8.08. The Morgan fingerprint density at radius 1 is 0.451 bits per heavy atom. The maximum absolute atomic E-state index is 6.77. The molecule has 0 amide bonds. The lowest BCUT2D eigenvalue weighted by molar-refractivity contribution is 0.484. The largest absolute Gasteiger partial charge is 0.457 e. The van der Waals surface area contributed by atoms with Gasteiger partial charge in [0.15, 0.2) is 0 Å². The second-order valence-corrected chi connectivity index (χ2v) is 16.0. The maximum Gasteiger partial charge on any atom is 0.146 e. The SMILES string of the molecule is CC(C)(C)c1ccc2c(c1)c1ccc(Oc3ccc4c(c3)c3nc5ccccc5n3c3cccc(C(C)(C)C)c43)cc1c1nc3ccccc3n21. The molecule has 4 heterocycles. The normalized spacial score (nSPS) is 12.9. The van der Waals surface area contributed by atoms with E-state index in [1.54, 1.807) is 0 Å². The third-order valence-corrected chi connectivity index (χ3v) is 10.6. The van der Waals surface area contributed by atoms with E-state index in [2.05, 4.69) is 172 Å². The quantitative estimate of drug-likeness (QED) is 0.173. The number of aromatic nitrogens is 4. The van der Waals surface area contributed by atoms with Gasteiger partial charge in [-0.25, -0.2) is 9.97 Å². The highest BCUT2D eigenvalue weighted by atomic mass is 16.5. The minimum Gasteiger partial charge on any atom is -0.457 e. The summed E-state index contributed by atoms with van der Waals surface area (Å²) in [5, 5.41) is 6.93. The molecule has 10 aromatic rings. The molecule has 10 rings (SSSR count). The number of imidazole rings is 2. The summed E-state index contributed by atoms with van der Waals surface area (Å²) in [6, 6.07) is 43.2. The van der Waals surface area contributed by atoms with Gasteiger partial charge in [0, 0.05) is 21.5 Å². The van der Waals surface area contributed by atoms with Gasteiger partial charge >= 0.3 is 0 Å². The molecule has 248 valence electrons. The lowest BCUT2D eigenvalue weighted by Crippen LogP contribution is -2.12. The van der Waals surface area contributed by atoms with Gasteiger partial charge in [0.2, 0.25) is 0 Å². The van der Waals surface area contributed by atoms with Crippen LogP contribution in [0, 0.1) is 0 Å². The van der Waals surface area contributed by atoms with Gasteiger partial charge in [0.25, 0.3) is 0 Å². The molecule has 0 aliphatic carbocycles. The van der Waals surface area contributed by atoms with Crippen LogP contribution in [-0.2, 0) is 10.8 Å². The summed E-state index contributed by atoms with van der Waals surface area (Å²) in [4.78, 5) is 10.3. The van der Waals surface area contributed by atoms with Crippen LogP contribution in [0.25, 0.3) is 76.7 Å². The number of hydrogen-bond acceptors (Lipinski definition) is 3. The number of pyridine rings is 2. The first-order valence-corrected chi connectivity index (χ1v) is 17.8. The number of fused-ring (bicyclic) bond motifs is 16. The Morgan fingerprint density at radius 2 is 1.02 bits per heavy atom. The molecule has 0 N–H and O–H groups in total. The van der Waals surface area contributed by atoms with Gasteiger partial charge in [-0.15, -0.1) is 0 Å². The van der Waals surface area contributed by atoms with Crippen molar-refractivity contribution in [3.8, 4) is 11.5 Å². The number of rotatable bonds is 2. The molecule has 0 aliphatic heterocycles. The van der Waals surface area contributed by atoms with Gasteiger partial charge in [-0.3, -0.25) is 8.80 Å². The smallest absolute Gasteiger partial charge is 0.146 e. The standard InChI is InChI=1S/C46H38N4O/c1-45(2,3)27-18-23-38-32(24-27)30-21-19-28(25-33(30)43-47-36-13-7-9-15-39(36)49(38)43)51-29-20-22-31-34(26-29)44-48-37-14-8-10-16-40(37)50(44)41-17-11-12-35(42(31)41)46(4,5)6/h7-26H,1-6H3. The van der Waals surface area contributed by atoms with E-state index >= 15 is 0 Å². The van der Waals surface area contributed by atoms with E-state index in [0.717, 1.165) is 66.5 Å². The van der Waals surface area contributed by atoms with E-state index in [9.17, 15) is 0 Å². The second-order valence-electron chi connectivity index (χ2n) is 16.0. The van der Waals surface area contributed by atoms with Crippen molar-refractivity contribution < 1.29 is 4.74 Å². The van der Waals surface area contributed by atoms with E-state index in [4.69, 9.17) is 14.7 Å². The molecule has 0 fully saturated rings. The predicted molar refractivity (Wildman–Crippen MR) is 213 cm³/mol. The van der Waals surface area contributed by atoms with Gasteiger partial charge < -0.3 is 4.74 Å². The second kappa shape index (κ2) is 10.3. The fraction of sp³-hybridized carbons (Fsp3) is 0.174. The van der Waals surface area contributed by atoms with Crippen molar-refractivity contribution in [1.82, 2.24) is 18.8 Å². The number of ether oxygens (including phenoxy) is 1. The summed E-state index contributed by atoms with van der Waals surface area (Å²) < 4.78 is 11.4. The molecule has 51 heavy (non-hydrogen) atoms. The molecule has 0 aliphatic rings. The van der Waals surface area contributed by atoms with Crippen LogP contribution >= 0.6 is 0 Å². The molecule has 0 spiro atoms. The number of nitrogens with zero attached hydrogens (tertiary/aromatic N) is 4. The molecule has 0 bridgehead atoms. The van der Waals surface area contributed by atoms with Crippen LogP contribution in [-0.4, -0.2) is 18.8 Å². The zero-order valence-electron chi connectivity index (χ0n) is 29.7. The molecule has 0 radical (unpaired) electrons. The summed E-state index contributed by atoms with van der Waals surface area (Å²) >= 11 is 0. The lowest BCUT2D eigenvalue weighted by atomic mass is 9.83. The topological polar surface area (TPSA) is 43.8 Å². The molecule has 0 unspecified atom stereocenters. The highest BCUT2D eigenvalue weighted by molar-refractivity contribution is 6.16. The molecular formula is C46H38N4O. The Balaban J connectivity index is 1.21. The minimum absolute atomic E-state index is 0.0245.